The standard InChI is InChI=1S/C18H24N8O3S/c1-11-9-25(10-30(27)28)5-4-14(11)22-18-23-15-8-19-16(12-6-20-21-7-12)17(26(15)24-18)29-13-2-3-13/h6-8,11,13-14H,2-5,9-10H2,1H3,(H,20,21)(H,22,24)(H,27,28)/p-1/t11-,14+/m1/s1. The first-order valence-electron chi connectivity index (χ1n) is 10.0. The Kier molecular flexibility index (Phi) is 5.13. The first-order valence-corrected chi connectivity index (χ1v) is 11.3. The number of H-pyrrole nitrogens is 1. The van der Waals surface area contributed by atoms with Crippen molar-refractivity contribution >= 4 is 22.7 Å². The van der Waals surface area contributed by atoms with Gasteiger partial charge in [-0.25, -0.2) is 4.98 Å². The molecule has 3 aromatic rings. The van der Waals surface area contributed by atoms with Gasteiger partial charge in [0.25, 0.3) is 0 Å². The number of fused-ring (bicyclic) bond motifs is 1. The van der Waals surface area contributed by atoms with Crippen molar-refractivity contribution in [3.8, 4) is 17.1 Å². The highest BCUT2D eigenvalue weighted by Gasteiger charge is 2.29. The van der Waals surface area contributed by atoms with Crippen LogP contribution in [-0.2, 0) is 11.1 Å². The molecule has 0 aromatic carbocycles. The summed E-state index contributed by atoms with van der Waals surface area (Å²) in [5.74, 6) is 1.42. The molecule has 1 aliphatic carbocycles. The second-order valence-electron chi connectivity index (χ2n) is 7.95. The molecule has 4 heterocycles. The van der Waals surface area contributed by atoms with Crippen LogP contribution in [0.2, 0.25) is 0 Å². The third kappa shape index (κ3) is 4.02. The maximum atomic E-state index is 11.0. The Morgan fingerprint density at radius 2 is 2.23 bits per heavy atom. The highest BCUT2D eigenvalue weighted by Crippen LogP contribution is 2.33. The number of likely N-dealkylation sites (tertiary alicyclic amines) is 1. The van der Waals surface area contributed by atoms with Crippen LogP contribution in [-0.4, -0.2) is 74.6 Å². The molecule has 2 N–H and O–H groups in total. The van der Waals surface area contributed by atoms with Gasteiger partial charge in [-0.3, -0.25) is 14.2 Å². The number of nitrogens with zero attached hydrogens (tertiary/aromatic N) is 6. The lowest BCUT2D eigenvalue weighted by Gasteiger charge is -2.37. The summed E-state index contributed by atoms with van der Waals surface area (Å²) < 4.78 is 29.8. The smallest absolute Gasteiger partial charge is 0.244 e. The molecular formula is C18H23N8O3S-. The van der Waals surface area contributed by atoms with Crippen LogP contribution in [0.3, 0.4) is 0 Å². The van der Waals surface area contributed by atoms with Gasteiger partial charge in [-0.2, -0.15) is 14.6 Å². The van der Waals surface area contributed by atoms with Gasteiger partial charge in [0.2, 0.25) is 11.8 Å². The number of anilines is 1. The van der Waals surface area contributed by atoms with Crippen molar-refractivity contribution < 1.29 is 13.5 Å². The lowest BCUT2D eigenvalue weighted by Crippen LogP contribution is -2.46. The van der Waals surface area contributed by atoms with Crippen LogP contribution < -0.4 is 10.1 Å². The van der Waals surface area contributed by atoms with Crippen LogP contribution in [0.1, 0.15) is 26.2 Å². The van der Waals surface area contributed by atoms with E-state index in [1.54, 1.807) is 23.1 Å². The maximum absolute atomic E-state index is 11.0. The van der Waals surface area contributed by atoms with Gasteiger partial charge < -0.3 is 14.6 Å². The molecule has 11 nitrogen and oxygen atoms in total. The summed E-state index contributed by atoms with van der Waals surface area (Å²) in [6.07, 6.45) is 8.19. The summed E-state index contributed by atoms with van der Waals surface area (Å²) in [6.45, 7) is 3.53. The van der Waals surface area contributed by atoms with Crippen LogP contribution in [0.15, 0.2) is 18.6 Å². The molecule has 2 fully saturated rings. The van der Waals surface area contributed by atoms with E-state index in [1.807, 2.05) is 4.90 Å². The first kappa shape index (κ1) is 19.4. The van der Waals surface area contributed by atoms with Gasteiger partial charge >= 0.3 is 0 Å². The minimum atomic E-state index is -2.06. The monoisotopic (exact) mass is 431 g/mol. The normalized spacial score (nSPS) is 23.5. The Labute approximate surface area is 175 Å². The van der Waals surface area contributed by atoms with E-state index in [1.165, 1.54) is 0 Å². The molecular weight excluding hydrogens is 408 g/mol. The van der Waals surface area contributed by atoms with E-state index in [-0.39, 0.29) is 23.9 Å². The summed E-state index contributed by atoms with van der Waals surface area (Å²) in [7, 11) is 0. The average molecular weight is 432 g/mol. The molecule has 0 bridgehead atoms. The summed E-state index contributed by atoms with van der Waals surface area (Å²) in [6, 6.07) is 0.160. The van der Waals surface area contributed by atoms with Gasteiger partial charge in [0.05, 0.1) is 18.3 Å². The number of hydrogen-bond donors (Lipinski definition) is 2. The molecule has 12 heteroatoms. The molecule has 0 amide bonds. The third-order valence-corrected chi connectivity index (χ3v) is 6.08. The lowest BCUT2D eigenvalue weighted by atomic mass is 9.94. The summed E-state index contributed by atoms with van der Waals surface area (Å²) in [4.78, 5) is 11.1. The molecule has 5 rings (SSSR count). The van der Waals surface area contributed by atoms with Crippen molar-refractivity contribution in [2.24, 2.45) is 5.92 Å². The van der Waals surface area contributed by atoms with Crippen LogP contribution in [0.5, 0.6) is 5.88 Å². The molecule has 3 aromatic heterocycles. The minimum Gasteiger partial charge on any atom is -0.771 e. The fraction of sp³-hybridized carbons (Fsp3) is 0.556. The summed E-state index contributed by atoms with van der Waals surface area (Å²) in [5.41, 5.74) is 2.11. The van der Waals surface area contributed by atoms with Gasteiger partial charge in [0.15, 0.2) is 5.65 Å². The van der Waals surface area contributed by atoms with E-state index in [0.29, 0.717) is 36.3 Å². The molecule has 0 spiro atoms. The van der Waals surface area contributed by atoms with Crippen molar-refractivity contribution in [1.29, 1.82) is 0 Å². The van der Waals surface area contributed by atoms with E-state index < -0.39 is 11.1 Å². The summed E-state index contributed by atoms with van der Waals surface area (Å²) >= 11 is -2.06. The number of rotatable bonds is 7. The molecule has 1 aliphatic heterocycles. The molecule has 0 radical (unpaired) electrons. The number of aromatic nitrogens is 6. The topological polar surface area (TPSA) is 136 Å². The summed E-state index contributed by atoms with van der Waals surface area (Å²) in [5, 5.41) is 14.9. The molecule has 2 aliphatic rings. The van der Waals surface area contributed by atoms with Gasteiger partial charge in [-0.1, -0.05) is 6.92 Å². The Bertz CT molecular complexity index is 1050. The lowest BCUT2D eigenvalue weighted by molar-refractivity contribution is 0.194. The molecule has 30 heavy (non-hydrogen) atoms. The number of nitrogens with one attached hydrogen (secondary N) is 2. The number of ether oxygens (including phenoxy) is 1. The molecule has 160 valence electrons. The predicted molar refractivity (Wildman–Crippen MR) is 109 cm³/mol. The van der Waals surface area contributed by atoms with E-state index in [2.05, 4.69) is 37.5 Å². The van der Waals surface area contributed by atoms with Crippen LogP contribution in [0, 0.1) is 5.92 Å². The van der Waals surface area contributed by atoms with E-state index >= 15 is 0 Å². The van der Waals surface area contributed by atoms with Crippen LogP contribution in [0.25, 0.3) is 16.9 Å². The third-order valence-electron chi connectivity index (χ3n) is 5.50. The second-order valence-corrected chi connectivity index (χ2v) is 8.81. The van der Waals surface area contributed by atoms with Crippen molar-refractivity contribution in [3.05, 3.63) is 18.6 Å². The molecule has 1 saturated heterocycles. The minimum absolute atomic E-state index is 0.0774. The molecule has 1 saturated carbocycles. The zero-order valence-electron chi connectivity index (χ0n) is 16.5. The fourth-order valence-electron chi connectivity index (χ4n) is 3.80. The SMILES string of the molecule is C[C@@H]1CN(CS(=O)[O-])CC[C@@H]1Nc1nc2cnc(-c3cn[nH]c3)c(OC3CC3)n2n1. The molecule has 1 unspecified atom stereocenters. The number of piperidine rings is 1. The van der Waals surface area contributed by atoms with E-state index in [4.69, 9.17) is 4.74 Å². The maximum Gasteiger partial charge on any atom is 0.244 e. The van der Waals surface area contributed by atoms with Crippen LogP contribution >= 0.6 is 0 Å². The highest BCUT2D eigenvalue weighted by atomic mass is 32.2. The van der Waals surface area contributed by atoms with Gasteiger partial charge in [0.1, 0.15) is 11.8 Å². The number of hydrogen-bond acceptors (Lipinski definition) is 9. The van der Waals surface area contributed by atoms with E-state index in [0.717, 1.165) is 24.8 Å². The van der Waals surface area contributed by atoms with Gasteiger partial charge in [0, 0.05) is 30.9 Å². The van der Waals surface area contributed by atoms with Crippen LogP contribution in [0.4, 0.5) is 5.95 Å². The van der Waals surface area contributed by atoms with Crippen molar-refractivity contribution in [2.75, 3.05) is 24.3 Å². The Morgan fingerprint density at radius 3 is 2.93 bits per heavy atom. The van der Waals surface area contributed by atoms with Gasteiger partial charge in [-0.15, -0.1) is 5.10 Å². The Hall–Kier alpha value is -2.57. The number of aromatic amines is 1. The van der Waals surface area contributed by atoms with Crippen molar-refractivity contribution in [1.82, 2.24) is 34.7 Å². The Balaban J connectivity index is 1.39. The van der Waals surface area contributed by atoms with Crippen molar-refractivity contribution in [3.63, 3.8) is 0 Å². The quantitative estimate of drug-likeness (QED) is 0.525. The van der Waals surface area contributed by atoms with Crippen molar-refractivity contribution in [2.45, 2.75) is 38.3 Å². The highest BCUT2D eigenvalue weighted by molar-refractivity contribution is 7.79. The predicted octanol–water partition coefficient (Wildman–Crippen LogP) is 1.01. The van der Waals surface area contributed by atoms with Gasteiger partial charge in [-0.05, 0) is 36.3 Å². The Morgan fingerprint density at radius 1 is 1.37 bits per heavy atom. The average Bonchev–Trinajstić information content (AvgIpc) is 3.19. The largest absolute Gasteiger partial charge is 0.771 e. The fourth-order valence-corrected chi connectivity index (χ4v) is 4.34. The second kappa shape index (κ2) is 7.93. The zero-order chi connectivity index (χ0) is 20.7. The van der Waals surface area contributed by atoms with E-state index in [9.17, 15) is 8.76 Å². The zero-order valence-corrected chi connectivity index (χ0v) is 17.3. The first-order chi connectivity index (χ1) is 14.6. The molecule has 3 atom stereocenters.